The highest BCUT2D eigenvalue weighted by molar-refractivity contribution is 6.48. The summed E-state index contributed by atoms with van der Waals surface area (Å²) in [6.45, 7) is 7.40. The lowest BCUT2D eigenvalue weighted by atomic mass is 9.74. The molecule has 0 saturated carbocycles. The molecule has 2 N–H and O–H groups in total. The number of nitrogens with two attached hydrogens (primary N) is 1. The summed E-state index contributed by atoms with van der Waals surface area (Å²) in [4.78, 5) is 0. The maximum Gasteiger partial charge on any atom is 0.480 e. The Morgan fingerprint density at radius 1 is 1.10 bits per heavy atom. The number of halogens is 3. The van der Waals surface area contributed by atoms with E-state index in [1.165, 1.54) is 0 Å². The molecule has 110 valence electrons. The Bertz CT molecular complexity index is 523. The minimum absolute atomic E-state index is 0.134. The Balaban J connectivity index is 2.35. The molecule has 1 aliphatic heterocycles. The Morgan fingerprint density at radius 2 is 1.55 bits per heavy atom. The van der Waals surface area contributed by atoms with E-state index in [0.717, 1.165) is 12.1 Å². The molecule has 0 radical (unpaired) electrons. The molecule has 7 heteroatoms. The molecule has 1 atom stereocenters. The number of hydrogen-bond donors (Lipinski definition) is 1. The molecule has 2 rings (SSSR count). The highest BCUT2D eigenvalue weighted by Gasteiger charge is 2.54. The van der Waals surface area contributed by atoms with Crippen molar-refractivity contribution in [3.05, 3.63) is 34.4 Å². The predicted molar refractivity (Wildman–Crippen MR) is 74.4 cm³/mol. The molecule has 0 spiro atoms. The zero-order valence-electron chi connectivity index (χ0n) is 11.8. The minimum Gasteiger partial charge on any atom is -0.402 e. The second kappa shape index (κ2) is 4.95. The van der Waals surface area contributed by atoms with E-state index in [0.29, 0.717) is 0 Å². The van der Waals surface area contributed by atoms with E-state index in [4.69, 9.17) is 26.6 Å². The molecular weight excluding hydrogens is 286 g/mol. The topological polar surface area (TPSA) is 44.5 Å². The Labute approximate surface area is 122 Å². The highest BCUT2D eigenvalue weighted by atomic mass is 35.5. The Morgan fingerprint density at radius 3 is 2.05 bits per heavy atom. The van der Waals surface area contributed by atoms with Crippen LogP contribution in [0.2, 0.25) is 5.02 Å². The van der Waals surface area contributed by atoms with Crippen molar-refractivity contribution in [3.63, 3.8) is 0 Å². The fourth-order valence-electron chi connectivity index (χ4n) is 2.02. The zero-order chi connectivity index (χ0) is 15.3. The van der Waals surface area contributed by atoms with E-state index in [9.17, 15) is 8.78 Å². The first-order chi connectivity index (χ1) is 9.07. The number of hydrogen-bond acceptors (Lipinski definition) is 3. The monoisotopic (exact) mass is 303 g/mol. The maximum atomic E-state index is 13.9. The van der Waals surface area contributed by atoms with E-state index < -0.39 is 35.9 Å². The van der Waals surface area contributed by atoms with E-state index in [2.05, 4.69) is 0 Å². The molecule has 3 nitrogen and oxygen atoms in total. The van der Waals surface area contributed by atoms with Gasteiger partial charge < -0.3 is 15.0 Å². The van der Waals surface area contributed by atoms with Crippen molar-refractivity contribution in [1.29, 1.82) is 0 Å². The largest absolute Gasteiger partial charge is 0.480 e. The van der Waals surface area contributed by atoms with Gasteiger partial charge >= 0.3 is 7.12 Å². The lowest BCUT2D eigenvalue weighted by Gasteiger charge is -2.32. The molecule has 1 aliphatic rings. The second-order valence-corrected chi connectivity index (χ2v) is 6.29. The van der Waals surface area contributed by atoms with E-state index >= 15 is 0 Å². The van der Waals surface area contributed by atoms with Gasteiger partial charge in [0.1, 0.15) is 11.6 Å². The zero-order valence-corrected chi connectivity index (χ0v) is 12.6. The summed E-state index contributed by atoms with van der Waals surface area (Å²) in [6.07, 6.45) is 0. The first kappa shape index (κ1) is 15.7. The highest BCUT2D eigenvalue weighted by Crippen LogP contribution is 2.41. The standard InChI is InChI=1S/C13H17BClF2NO2/c1-12(2)13(3,4)20-14(19-12)11(18)9-7(16)5-6-8(17)10(9)15/h5-6,11H,18H2,1-4H3/t11-/m1/s1. The van der Waals surface area contributed by atoms with Gasteiger partial charge in [-0.05, 0) is 39.8 Å². The summed E-state index contributed by atoms with van der Waals surface area (Å²) < 4.78 is 38.8. The van der Waals surface area contributed by atoms with Crippen LogP contribution in [0.4, 0.5) is 8.78 Å². The molecule has 20 heavy (non-hydrogen) atoms. The van der Waals surface area contributed by atoms with Crippen LogP contribution in [0.15, 0.2) is 12.1 Å². The minimum atomic E-state index is -1.01. The third-order valence-electron chi connectivity index (χ3n) is 3.98. The van der Waals surface area contributed by atoms with Gasteiger partial charge in [-0.15, -0.1) is 0 Å². The fourth-order valence-corrected chi connectivity index (χ4v) is 2.30. The first-order valence-corrected chi connectivity index (χ1v) is 6.69. The lowest BCUT2D eigenvalue weighted by Crippen LogP contribution is -2.41. The van der Waals surface area contributed by atoms with Crippen molar-refractivity contribution in [2.45, 2.75) is 44.8 Å². The van der Waals surface area contributed by atoms with Crippen LogP contribution in [0.1, 0.15) is 39.2 Å². The molecule has 1 aromatic carbocycles. The molecule has 0 aromatic heterocycles. The molecule has 1 aromatic rings. The van der Waals surface area contributed by atoms with Gasteiger partial charge in [-0.2, -0.15) is 0 Å². The molecule has 0 unspecified atom stereocenters. The van der Waals surface area contributed by atoms with Crippen LogP contribution in [0.5, 0.6) is 0 Å². The van der Waals surface area contributed by atoms with Gasteiger partial charge in [-0.3, -0.25) is 0 Å². The molecule has 1 heterocycles. The lowest BCUT2D eigenvalue weighted by molar-refractivity contribution is 0.00578. The molecular formula is C13H17BClF2NO2. The summed E-state index contributed by atoms with van der Waals surface area (Å²) >= 11 is 5.81. The Hall–Kier alpha value is -0.685. The normalized spacial score (nSPS) is 22.1. The van der Waals surface area contributed by atoms with Crippen molar-refractivity contribution < 1.29 is 18.1 Å². The smallest absolute Gasteiger partial charge is 0.402 e. The summed E-state index contributed by atoms with van der Waals surface area (Å²) in [7, 11) is -0.895. The predicted octanol–water partition coefficient (Wildman–Crippen LogP) is 3.25. The van der Waals surface area contributed by atoms with Crippen molar-refractivity contribution in [1.82, 2.24) is 0 Å². The van der Waals surface area contributed by atoms with Crippen LogP contribution in [0.25, 0.3) is 0 Å². The van der Waals surface area contributed by atoms with Gasteiger partial charge in [0.05, 0.1) is 22.2 Å². The SMILES string of the molecule is CC1(C)OB([C@H](N)c2c(F)ccc(F)c2Cl)OC1(C)C. The molecule has 1 fully saturated rings. The molecule has 1 saturated heterocycles. The first-order valence-electron chi connectivity index (χ1n) is 6.31. The summed E-state index contributed by atoms with van der Waals surface area (Å²) in [6, 6.07) is 1.94. The van der Waals surface area contributed by atoms with E-state index in [-0.39, 0.29) is 10.6 Å². The van der Waals surface area contributed by atoms with Gasteiger partial charge in [0.15, 0.2) is 0 Å². The van der Waals surface area contributed by atoms with Crippen molar-refractivity contribution in [2.24, 2.45) is 5.73 Å². The summed E-state index contributed by atoms with van der Waals surface area (Å²) in [5, 5.41) is -0.341. The average Bonchev–Trinajstić information content (AvgIpc) is 2.54. The molecule has 0 amide bonds. The van der Waals surface area contributed by atoms with Crippen molar-refractivity contribution in [3.8, 4) is 0 Å². The van der Waals surface area contributed by atoms with E-state index in [1.807, 2.05) is 27.7 Å². The van der Waals surface area contributed by atoms with Crippen molar-refractivity contribution >= 4 is 18.7 Å². The molecule has 0 bridgehead atoms. The average molecular weight is 304 g/mol. The maximum absolute atomic E-state index is 13.9. The Kier molecular flexibility index (Phi) is 3.88. The summed E-state index contributed by atoms with van der Waals surface area (Å²) in [5.74, 6) is -2.42. The quantitative estimate of drug-likeness (QED) is 0.674. The van der Waals surface area contributed by atoms with Crippen LogP contribution in [0, 0.1) is 11.6 Å². The third kappa shape index (κ3) is 2.46. The number of rotatable bonds is 2. The van der Waals surface area contributed by atoms with Crippen LogP contribution in [0.3, 0.4) is 0 Å². The third-order valence-corrected chi connectivity index (χ3v) is 4.36. The van der Waals surface area contributed by atoms with Crippen LogP contribution < -0.4 is 5.73 Å². The van der Waals surface area contributed by atoms with Gasteiger partial charge in [0, 0.05) is 5.56 Å². The van der Waals surface area contributed by atoms with Gasteiger partial charge in [0.25, 0.3) is 0 Å². The van der Waals surface area contributed by atoms with Gasteiger partial charge in [0.2, 0.25) is 0 Å². The molecule has 0 aliphatic carbocycles. The van der Waals surface area contributed by atoms with Crippen LogP contribution >= 0.6 is 11.6 Å². The number of benzene rings is 1. The second-order valence-electron chi connectivity index (χ2n) is 5.91. The van der Waals surface area contributed by atoms with Crippen molar-refractivity contribution in [2.75, 3.05) is 0 Å². The summed E-state index contributed by atoms with van der Waals surface area (Å²) in [5.41, 5.74) is 4.63. The fraction of sp³-hybridized carbons (Fsp3) is 0.538. The van der Waals surface area contributed by atoms with Gasteiger partial charge in [-0.25, -0.2) is 8.78 Å². The van der Waals surface area contributed by atoms with Crippen LogP contribution in [-0.2, 0) is 9.31 Å². The van der Waals surface area contributed by atoms with E-state index in [1.54, 1.807) is 0 Å². The van der Waals surface area contributed by atoms with Crippen LogP contribution in [-0.4, -0.2) is 18.3 Å². The van der Waals surface area contributed by atoms with Gasteiger partial charge in [-0.1, -0.05) is 11.6 Å².